The highest BCUT2D eigenvalue weighted by Gasteiger charge is 2.27. The molecule has 1 aromatic carbocycles. The molecule has 25 heavy (non-hydrogen) atoms. The standard InChI is InChI=1S/C20H27N5/c1-2-5-17(6-3-1)15-24-12-7-19(16-24)23-18-8-13-25(14-9-18)20-21-10-4-11-22-20/h1-6,10-11,18-19,23H,7-9,12-16H2/t19-/m1/s1. The number of hydrogen-bond donors (Lipinski definition) is 1. The molecule has 132 valence electrons. The molecule has 5 heteroatoms. The Kier molecular flexibility index (Phi) is 5.23. The van der Waals surface area contributed by atoms with E-state index in [1.54, 1.807) is 0 Å². The van der Waals surface area contributed by atoms with Crippen molar-refractivity contribution in [2.24, 2.45) is 0 Å². The molecule has 0 spiro atoms. The van der Waals surface area contributed by atoms with Gasteiger partial charge in [-0.25, -0.2) is 9.97 Å². The van der Waals surface area contributed by atoms with Crippen LogP contribution in [0.4, 0.5) is 5.95 Å². The Labute approximate surface area is 150 Å². The molecule has 1 N–H and O–H groups in total. The average molecular weight is 337 g/mol. The van der Waals surface area contributed by atoms with Gasteiger partial charge in [0.1, 0.15) is 0 Å². The van der Waals surface area contributed by atoms with Crippen LogP contribution in [0.2, 0.25) is 0 Å². The number of anilines is 1. The first-order chi connectivity index (χ1) is 12.4. The van der Waals surface area contributed by atoms with E-state index in [0.29, 0.717) is 12.1 Å². The topological polar surface area (TPSA) is 44.3 Å². The molecule has 1 aromatic heterocycles. The molecule has 0 aliphatic carbocycles. The second kappa shape index (κ2) is 7.93. The molecule has 0 bridgehead atoms. The van der Waals surface area contributed by atoms with Crippen molar-refractivity contribution in [3.8, 4) is 0 Å². The molecule has 3 heterocycles. The van der Waals surface area contributed by atoms with Crippen LogP contribution in [0.25, 0.3) is 0 Å². The monoisotopic (exact) mass is 337 g/mol. The lowest BCUT2D eigenvalue weighted by atomic mass is 10.0. The Morgan fingerprint density at radius 1 is 0.880 bits per heavy atom. The molecule has 4 rings (SSSR count). The summed E-state index contributed by atoms with van der Waals surface area (Å²) in [5, 5.41) is 3.90. The molecule has 2 aliphatic heterocycles. The van der Waals surface area contributed by atoms with E-state index in [9.17, 15) is 0 Å². The number of rotatable bonds is 5. The van der Waals surface area contributed by atoms with E-state index in [-0.39, 0.29) is 0 Å². The maximum Gasteiger partial charge on any atom is 0.225 e. The quantitative estimate of drug-likeness (QED) is 0.907. The number of hydrogen-bond acceptors (Lipinski definition) is 5. The molecule has 0 amide bonds. The summed E-state index contributed by atoms with van der Waals surface area (Å²) in [4.78, 5) is 13.6. The van der Waals surface area contributed by atoms with Crippen LogP contribution in [0.3, 0.4) is 0 Å². The zero-order valence-corrected chi connectivity index (χ0v) is 14.7. The molecule has 2 aromatic rings. The van der Waals surface area contributed by atoms with Crippen LogP contribution in [0.15, 0.2) is 48.8 Å². The maximum atomic E-state index is 4.37. The van der Waals surface area contributed by atoms with Crippen LogP contribution in [0.1, 0.15) is 24.8 Å². The first-order valence-electron chi connectivity index (χ1n) is 9.41. The number of nitrogens with zero attached hydrogens (tertiary/aromatic N) is 4. The van der Waals surface area contributed by atoms with Gasteiger partial charge in [0, 0.05) is 57.2 Å². The second-order valence-corrected chi connectivity index (χ2v) is 7.18. The molecule has 0 radical (unpaired) electrons. The van der Waals surface area contributed by atoms with Crippen molar-refractivity contribution in [1.29, 1.82) is 0 Å². The first-order valence-corrected chi connectivity index (χ1v) is 9.41. The normalized spacial score (nSPS) is 22.4. The van der Waals surface area contributed by atoms with Crippen LogP contribution in [0, 0.1) is 0 Å². The minimum atomic E-state index is 0.627. The fraction of sp³-hybridized carbons (Fsp3) is 0.500. The summed E-state index contributed by atoms with van der Waals surface area (Å²) < 4.78 is 0. The summed E-state index contributed by atoms with van der Waals surface area (Å²) in [5.41, 5.74) is 1.42. The van der Waals surface area contributed by atoms with E-state index in [4.69, 9.17) is 0 Å². The Morgan fingerprint density at radius 2 is 1.60 bits per heavy atom. The zero-order valence-electron chi connectivity index (χ0n) is 14.7. The third-order valence-corrected chi connectivity index (χ3v) is 5.32. The van der Waals surface area contributed by atoms with Crippen LogP contribution >= 0.6 is 0 Å². The maximum absolute atomic E-state index is 4.37. The summed E-state index contributed by atoms with van der Waals surface area (Å²) in [6.07, 6.45) is 7.26. The summed E-state index contributed by atoms with van der Waals surface area (Å²) in [5.74, 6) is 0.871. The second-order valence-electron chi connectivity index (χ2n) is 7.18. The Balaban J connectivity index is 1.22. The van der Waals surface area contributed by atoms with Gasteiger partial charge in [-0.05, 0) is 30.9 Å². The van der Waals surface area contributed by atoms with Crippen LogP contribution < -0.4 is 10.2 Å². The van der Waals surface area contributed by atoms with Gasteiger partial charge in [-0.3, -0.25) is 4.90 Å². The lowest BCUT2D eigenvalue weighted by molar-refractivity contribution is 0.306. The van der Waals surface area contributed by atoms with Gasteiger partial charge in [0.05, 0.1) is 0 Å². The molecule has 2 saturated heterocycles. The van der Waals surface area contributed by atoms with Crippen molar-refractivity contribution in [1.82, 2.24) is 20.2 Å². The summed E-state index contributed by atoms with van der Waals surface area (Å²) >= 11 is 0. The van der Waals surface area contributed by atoms with Crippen molar-refractivity contribution in [3.05, 3.63) is 54.4 Å². The number of aromatic nitrogens is 2. The lowest BCUT2D eigenvalue weighted by Crippen LogP contribution is -2.47. The molecule has 0 saturated carbocycles. The highest BCUT2D eigenvalue weighted by molar-refractivity contribution is 5.29. The van der Waals surface area contributed by atoms with Gasteiger partial charge in [0.2, 0.25) is 5.95 Å². The van der Waals surface area contributed by atoms with Crippen molar-refractivity contribution >= 4 is 5.95 Å². The first kappa shape index (κ1) is 16.5. The molecule has 0 unspecified atom stereocenters. The minimum Gasteiger partial charge on any atom is -0.341 e. The molecule has 2 fully saturated rings. The number of nitrogens with one attached hydrogen (secondary N) is 1. The number of piperidine rings is 1. The van der Waals surface area contributed by atoms with Gasteiger partial charge in [0.15, 0.2) is 0 Å². The number of benzene rings is 1. The predicted octanol–water partition coefficient (Wildman–Crippen LogP) is 2.31. The molecule has 5 nitrogen and oxygen atoms in total. The summed E-state index contributed by atoms with van der Waals surface area (Å²) in [7, 11) is 0. The molecule has 1 atom stereocenters. The highest BCUT2D eigenvalue weighted by Crippen LogP contribution is 2.19. The molecular weight excluding hydrogens is 310 g/mol. The van der Waals surface area contributed by atoms with Gasteiger partial charge in [-0.1, -0.05) is 30.3 Å². The van der Waals surface area contributed by atoms with Gasteiger partial charge in [-0.2, -0.15) is 0 Å². The van der Waals surface area contributed by atoms with Gasteiger partial charge in [0.25, 0.3) is 0 Å². The van der Waals surface area contributed by atoms with E-state index >= 15 is 0 Å². The molecular formula is C20H27N5. The third-order valence-electron chi connectivity index (χ3n) is 5.32. The number of likely N-dealkylation sites (tertiary alicyclic amines) is 1. The lowest BCUT2D eigenvalue weighted by Gasteiger charge is -2.33. The van der Waals surface area contributed by atoms with Crippen LogP contribution in [-0.4, -0.2) is 53.1 Å². The fourth-order valence-corrected chi connectivity index (χ4v) is 3.99. The van der Waals surface area contributed by atoms with E-state index in [1.807, 2.05) is 18.5 Å². The van der Waals surface area contributed by atoms with E-state index in [0.717, 1.165) is 32.1 Å². The van der Waals surface area contributed by atoms with Crippen molar-refractivity contribution in [2.45, 2.75) is 37.9 Å². The van der Waals surface area contributed by atoms with E-state index in [2.05, 4.69) is 55.4 Å². The Morgan fingerprint density at radius 3 is 2.36 bits per heavy atom. The zero-order chi connectivity index (χ0) is 16.9. The Bertz CT molecular complexity index is 640. The predicted molar refractivity (Wildman–Crippen MR) is 101 cm³/mol. The van der Waals surface area contributed by atoms with Gasteiger partial charge >= 0.3 is 0 Å². The molecule has 2 aliphatic rings. The average Bonchev–Trinajstić information content (AvgIpc) is 3.11. The van der Waals surface area contributed by atoms with Crippen molar-refractivity contribution in [2.75, 3.05) is 31.1 Å². The SMILES string of the molecule is c1ccc(CN2CC[C@@H](NC3CCN(c4ncccn4)CC3)C2)cc1. The minimum absolute atomic E-state index is 0.627. The van der Waals surface area contributed by atoms with Crippen molar-refractivity contribution < 1.29 is 0 Å². The largest absolute Gasteiger partial charge is 0.341 e. The Hall–Kier alpha value is -1.98. The van der Waals surface area contributed by atoms with Gasteiger partial charge < -0.3 is 10.2 Å². The summed E-state index contributed by atoms with van der Waals surface area (Å²) in [6, 6.07) is 13.9. The van der Waals surface area contributed by atoms with Crippen LogP contribution in [0.5, 0.6) is 0 Å². The summed E-state index contributed by atoms with van der Waals surface area (Å²) in [6.45, 7) is 5.52. The highest BCUT2D eigenvalue weighted by atomic mass is 15.3. The van der Waals surface area contributed by atoms with E-state index in [1.165, 1.54) is 31.4 Å². The smallest absolute Gasteiger partial charge is 0.225 e. The van der Waals surface area contributed by atoms with E-state index < -0.39 is 0 Å². The van der Waals surface area contributed by atoms with Gasteiger partial charge in [-0.15, -0.1) is 0 Å². The van der Waals surface area contributed by atoms with Crippen molar-refractivity contribution in [3.63, 3.8) is 0 Å². The third kappa shape index (κ3) is 4.35. The fourth-order valence-electron chi connectivity index (χ4n) is 3.99. The van der Waals surface area contributed by atoms with Crippen LogP contribution in [-0.2, 0) is 6.54 Å².